The fourth-order valence-electron chi connectivity index (χ4n) is 4.78. The molecule has 1 amide bonds. The molecule has 2 heterocycles. The number of nitrogens with zero attached hydrogens (tertiary/aromatic N) is 2. The van der Waals surface area contributed by atoms with E-state index in [4.69, 9.17) is 21.1 Å². The Hall–Kier alpha value is -5.66. The largest absolute Gasteiger partial charge is 0.478 e. The number of rotatable bonds is 8. The molecule has 0 aliphatic heterocycles. The summed E-state index contributed by atoms with van der Waals surface area (Å²) >= 11 is 6.07. The number of benzene rings is 4. The van der Waals surface area contributed by atoms with Crippen molar-refractivity contribution in [1.82, 2.24) is 9.99 Å². The minimum atomic E-state index is -1.10. The summed E-state index contributed by atoms with van der Waals surface area (Å²) in [6.45, 7) is 0. The van der Waals surface area contributed by atoms with Crippen molar-refractivity contribution < 1.29 is 19.1 Å². The number of aromatic carboxylic acids is 1. The zero-order valence-electron chi connectivity index (χ0n) is 22.6. The van der Waals surface area contributed by atoms with E-state index < -0.39 is 5.97 Å². The fraction of sp³-hybridized carbons (Fsp3) is 0. The van der Waals surface area contributed by atoms with Gasteiger partial charge in [0.05, 0.1) is 28.2 Å². The third-order valence-corrected chi connectivity index (χ3v) is 7.19. The lowest BCUT2D eigenvalue weighted by molar-refractivity contribution is 0.0696. The van der Waals surface area contributed by atoms with Crippen LogP contribution in [0.25, 0.3) is 39.5 Å². The van der Waals surface area contributed by atoms with Gasteiger partial charge in [-0.15, -0.1) is 0 Å². The van der Waals surface area contributed by atoms with Crippen LogP contribution in [0.4, 0.5) is 0 Å². The van der Waals surface area contributed by atoms with Crippen LogP contribution in [0.1, 0.15) is 26.5 Å². The highest BCUT2D eigenvalue weighted by Crippen LogP contribution is 2.32. The van der Waals surface area contributed by atoms with Crippen molar-refractivity contribution in [2.45, 2.75) is 0 Å². The normalized spacial score (nSPS) is 11.1. The fourth-order valence-corrected chi connectivity index (χ4v) is 5.04. The number of hydrogen-bond donors (Lipinski definition) is 2. The van der Waals surface area contributed by atoms with Gasteiger partial charge in [-0.1, -0.05) is 78.3 Å². The maximum atomic E-state index is 12.8. The number of carbonyl (C=O) groups excluding carboxylic acids is 1. The third-order valence-electron chi connectivity index (χ3n) is 6.88. The first-order valence-corrected chi connectivity index (χ1v) is 13.8. The molecule has 4 aromatic carbocycles. The summed E-state index contributed by atoms with van der Waals surface area (Å²) in [6, 6.07) is 39.9. The lowest BCUT2D eigenvalue weighted by atomic mass is 10.1. The predicted molar refractivity (Wildman–Crippen MR) is 168 cm³/mol. The summed E-state index contributed by atoms with van der Waals surface area (Å²) < 4.78 is 7.94. The number of carboxylic acids is 1. The molecular weight excluding hydrogens is 562 g/mol. The lowest BCUT2D eigenvalue weighted by Crippen LogP contribution is -2.17. The van der Waals surface area contributed by atoms with Gasteiger partial charge in [0.15, 0.2) is 0 Å². The molecule has 0 saturated carbocycles. The van der Waals surface area contributed by atoms with Crippen LogP contribution in [0.5, 0.6) is 0 Å². The Labute approximate surface area is 252 Å². The molecule has 0 bridgehead atoms. The maximum absolute atomic E-state index is 12.8. The van der Waals surface area contributed by atoms with Crippen LogP contribution in [0.3, 0.4) is 0 Å². The van der Waals surface area contributed by atoms with E-state index in [1.807, 2.05) is 48.5 Å². The smallest absolute Gasteiger partial charge is 0.337 e. The van der Waals surface area contributed by atoms with Gasteiger partial charge in [0.2, 0.25) is 0 Å². The van der Waals surface area contributed by atoms with Crippen LogP contribution < -0.4 is 5.43 Å². The van der Waals surface area contributed by atoms with Gasteiger partial charge < -0.3 is 14.1 Å². The van der Waals surface area contributed by atoms with Gasteiger partial charge in [0, 0.05) is 16.8 Å². The number of hydrogen-bond acceptors (Lipinski definition) is 4. The number of hydrazone groups is 1. The molecule has 0 fully saturated rings. The first-order chi connectivity index (χ1) is 21.0. The van der Waals surface area contributed by atoms with Gasteiger partial charge >= 0.3 is 5.97 Å². The highest BCUT2D eigenvalue weighted by atomic mass is 35.5. The van der Waals surface area contributed by atoms with E-state index in [1.54, 1.807) is 30.3 Å². The quantitative estimate of drug-likeness (QED) is 0.139. The Morgan fingerprint density at radius 1 is 0.744 bits per heavy atom. The zero-order chi connectivity index (χ0) is 29.8. The van der Waals surface area contributed by atoms with E-state index in [2.05, 4.69) is 51.5 Å². The summed E-state index contributed by atoms with van der Waals surface area (Å²) in [5.74, 6) is -0.590. The second kappa shape index (κ2) is 12.1. The first kappa shape index (κ1) is 27.5. The molecule has 2 N–H and O–H groups in total. The van der Waals surface area contributed by atoms with Crippen LogP contribution in [0, 0.1) is 0 Å². The molecule has 43 heavy (non-hydrogen) atoms. The molecule has 6 aromatic rings. The topological polar surface area (TPSA) is 96.8 Å². The van der Waals surface area contributed by atoms with E-state index in [0.717, 1.165) is 28.2 Å². The predicted octanol–water partition coefficient (Wildman–Crippen LogP) is 8.19. The highest BCUT2D eigenvalue weighted by molar-refractivity contribution is 6.33. The number of carboxylic acid groups (broad SMARTS) is 1. The lowest BCUT2D eigenvalue weighted by Gasteiger charge is -2.15. The summed E-state index contributed by atoms with van der Waals surface area (Å²) in [5, 5.41) is 13.3. The van der Waals surface area contributed by atoms with Gasteiger partial charge in [-0.25, -0.2) is 10.2 Å². The average Bonchev–Trinajstić information content (AvgIpc) is 3.70. The minimum absolute atomic E-state index is 0.0103. The van der Waals surface area contributed by atoms with E-state index in [9.17, 15) is 9.59 Å². The van der Waals surface area contributed by atoms with Crippen molar-refractivity contribution in [3.8, 4) is 39.5 Å². The Morgan fingerprint density at radius 2 is 1.37 bits per heavy atom. The molecule has 0 unspecified atom stereocenters. The molecule has 0 radical (unpaired) electrons. The summed E-state index contributed by atoms with van der Waals surface area (Å²) in [5.41, 5.74) is 8.78. The number of nitrogens with one attached hydrogen (secondary N) is 1. The minimum Gasteiger partial charge on any atom is -0.478 e. The van der Waals surface area contributed by atoms with Crippen molar-refractivity contribution in [3.05, 3.63) is 149 Å². The monoisotopic (exact) mass is 585 g/mol. The Balaban J connectivity index is 1.18. The SMILES string of the molecule is O=C(N/N=C\c1ccc(-c2ccc(C(=O)O)c(Cl)c2)o1)c1ccc(-n2c(-c3ccccc3)ccc2-c2ccccc2)cc1. The van der Waals surface area contributed by atoms with Crippen LogP contribution in [0.15, 0.2) is 137 Å². The van der Waals surface area contributed by atoms with Gasteiger partial charge in [-0.3, -0.25) is 4.79 Å². The molecule has 0 aliphatic carbocycles. The van der Waals surface area contributed by atoms with Gasteiger partial charge in [0.25, 0.3) is 5.91 Å². The average molecular weight is 586 g/mol. The van der Waals surface area contributed by atoms with Gasteiger partial charge in [-0.2, -0.15) is 5.10 Å². The third kappa shape index (κ3) is 5.88. The molecule has 0 saturated heterocycles. The number of carbonyl (C=O) groups is 2. The second-order valence-electron chi connectivity index (χ2n) is 9.62. The standard InChI is InChI=1S/C35H24ClN3O4/c36-30-21-26(13-17-29(30)35(41)42)33-20-16-28(43-33)22-37-38-34(40)25-11-14-27(15-12-25)39-31(23-7-3-1-4-8-23)18-19-32(39)24-9-5-2-6-10-24/h1-22H,(H,38,40)(H,41,42)/b37-22-. The Morgan fingerprint density at radius 3 is 1.95 bits per heavy atom. The number of halogens is 1. The molecule has 210 valence electrons. The van der Waals surface area contributed by atoms with E-state index in [0.29, 0.717) is 22.6 Å². The van der Waals surface area contributed by atoms with Crippen molar-refractivity contribution in [2.24, 2.45) is 5.10 Å². The van der Waals surface area contributed by atoms with Gasteiger partial charge in [0.1, 0.15) is 11.5 Å². The van der Waals surface area contributed by atoms with E-state index in [1.165, 1.54) is 18.3 Å². The van der Waals surface area contributed by atoms with E-state index >= 15 is 0 Å². The maximum Gasteiger partial charge on any atom is 0.337 e. The van der Waals surface area contributed by atoms with Crippen LogP contribution >= 0.6 is 11.6 Å². The first-order valence-electron chi connectivity index (χ1n) is 13.4. The van der Waals surface area contributed by atoms with Crippen LogP contribution in [0.2, 0.25) is 5.02 Å². The number of amides is 1. The van der Waals surface area contributed by atoms with Crippen molar-refractivity contribution in [2.75, 3.05) is 0 Å². The Kier molecular flexibility index (Phi) is 7.72. The second-order valence-corrected chi connectivity index (χ2v) is 10.0. The van der Waals surface area contributed by atoms with Crippen molar-refractivity contribution >= 4 is 29.7 Å². The molecule has 8 heteroatoms. The molecule has 0 atom stereocenters. The molecule has 7 nitrogen and oxygen atoms in total. The summed E-state index contributed by atoms with van der Waals surface area (Å²) in [6.07, 6.45) is 1.39. The van der Waals surface area contributed by atoms with E-state index in [-0.39, 0.29) is 16.5 Å². The van der Waals surface area contributed by atoms with Crippen LogP contribution in [-0.2, 0) is 0 Å². The number of aromatic nitrogens is 1. The van der Waals surface area contributed by atoms with Crippen LogP contribution in [-0.4, -0.2) is 27.8 Å². The van der Waals surface area contributed by atoms with Crippen molar-refractivity contribution in [3.63, 3.8) is 0 Å². The van der Waals surface area contributed by atoms with Gasteiger partial charge in [-0.05, 0) is 71.8 Å². The van der Waals surface area contributed by atoms with Crippen molar-refractivity contribution in [1.29, 1.82) is 0 Å². The molecule has 6 rings (SSSR count). The zero-order valence-corrected chi connectivity index (χ0v) is 23.4. The molecule has 2 aromatic heterocycles. The Bertz CT molecular complexity index is 1890. The summed E-state index contributed by atoms with van der Waals surface area (Å²) in [7, 11) is 0. The molecular formula is C35H24ClN3O4. The highest BCUT2D eigenvalue weighted by Gasteiger charge is 2.15. The number of furan rings is 1. The molecule has 0 spiro atoms. The summed E-state index contributed by atoms with van der Waals surface area (Å²) in [4.78, 5) is 24.0. The molecule has 0 aliphatic rings.